The van der Waals surface area contributed by atoms with E-state index >= 15 is 0 Å². The molecular weight excluding hydrogens is 1150 g/mol. The minimum Gasteiger partial charge on any atom is -0.481 e. The first-order valence-electron chi connectivity index (χ1n) is 36.0. The Labute approximate surface area is 551 Å². The molecule has 1 fully saturated rings. The van der Waals surface area contributed by atoms with Gasteiger partial charge in [-0.2, -0.15) is 0 Å². The van der Waals surface area contributed by atoms with Gasteiger partial charge in [-0.3, -0.25) is 14.4 Å². The van der Waals surface area contributed by atoms with Gasteiger partial charge in [0.1, 0.15) is 12.1 Å². The van der Waals surface area contributed by atoms with Gasteiger partial charge in [-0.15, -0.1) is 0 Å². The maximum atomic E-state index is 13.4. The van der Waals surface area contributed by atoms with Gasteiger partial charge in [0.2, 0.25) is 11.8 Å². The van der Waals surface area contributed by atoms with Crippen molar-refractivity contribution in [1.82, 2.24) is 26.2 Å². The highest BCUT2D eigenvalue weighted by molar-refractivity contribution is 5.86. The number of hydrogen-bond donors (Lipinski definition) is 7. The van der Waals surface area contributed by atoms with Gasteiger partial charge in [0.05, 0.1) is 36.8 Å². The van der Waals surface area contributed by atoms with E-state index in [1.807, 2.05) is 13.8 Å². The number of nitrogens with one attached hydrogen (secondary N) is 4. The van der Waals surface area contributed by atoms with Crippen molar-refractivity contribution in [3.63, 3.8) is 0 Å². The predicted octanol–water partition coefficient (Wildman–Crippen LogP) is 15.5. The number of carbonyl (C=O) groups is 6. The average molecular weight is 1290 g/mol. The van der Waals surface area contributed by atoms with E-state index in [1.165, 1.54) is 128 Å². The van der Waals surface area contributed by atoms with Crippen molar-refractivity contribution in [2.45, 2.75) is 321 Å². The van der Waals surface area contributed by atoms with E-state index in [-0.39, 0.29) is 56.4 Å². The number of ether oxygens (including phenoxy) is 4. The Hall–Kier alpha value is -4.62. The molecule has 0 aromatic rings. The predicted molar refractivity (Wildman–Crippen MR) is 367 cm³/mol. The van der Waals surface area contributed by atoms with Crippen LogP contribution in [0.3, 0.4) is 0 Å². The van der Waals surface area contributed by atoms with Crippen molar-refractivity contribution >= 4 is 35.8 Å². The Kier molecular flexibility index (Phi) is 51.7. The normalized spacial score (nSPS) is 16.7. The maximum absolute atomic E-state index is 13.4. The first kappa shape index (κ1) is 84.4. The van der Waals surface area contributed by atoms with Crippen LogP contribution in [0.2, 0.25) is 0 Å². The van der Waals surface area contributed by atoms with Crippen LogP contribution < -0.4 is 21.3 Å². The number of nitrogens with zero attached hydrogens (tertiary/aromatic N) is 1. The Morgan fingerprint density at radius 2 is 1.02 bits per heavy atom. The van der Waals surface area contributed by atoms with Gasteiger partial charge < -0.3 is 60.4 Å². The molecule has 18 heteroatoms. The minimum atomic E-state index is -1.50. The fourth-order valence-corrected chi connectivity index (χ4v) is 11.0. The molecule has 4 amide bonds. The van der Waals surface area contributed by atoms with Gasteiger partial charge in [-0.25, -0.2) is 14.4 Å². The van der Waals surface area contributed by atoms with Gasteiger partial charge in [0.25, 0.3) is 0 Å². The molecule has 0 aromatic carbocycles. The van der Waals surface area contributed by atoms with Gasteiger partial charge in [-0.1, -0.05) is 159 Å². The molecule has 0 radical (unpaired) electrons. The molecule has 18 nitrogen and oxygen atoms in total. The van der Waals surface area contributed by atoms with Crippen LogP contribution in [-0.4, -0.2) is 146 Å². The van der Waals surface area contributed by atoms with Crippen molar-refractivity contribution in [2.75, 3.05) is 53.6 Å². The molecule has 0 spiro atoms. The van der Waals surface area contributed by atoms with Crippen molar-refractivity contribution in [3.05, 3.63) is 48.6 Å². The molecule has 1 heterocycles. The second-order valence-corrected chi connectivity index (χ2v) is 26.0. The summed E-state index contributed by atoms with van der Waals surface area (Å²) in [5.41, 5.74) is -0.776. The third-order valence-corrected chi connectivity index (χ3v) is 17.2. The van der Waals surface area contributed by atoms with E-state index in [0.717, 1.165) is 83.6 Å². The Bertz CT molecular complexity index is 1970. The van der Waals surface area contributed by atoms with Gasteiger partial charge in [-0.05, 0) is 163 Å². The Morgan fingerprint density at radius 3 is 1.53 bits per heavy atom. The quantitative estimate of drug-likeness (QED) is 0.0221. The van der Waals surface area contributed by atoms with Crippen LogP contribution in [-0.2, 0) is 42.9 Å². The highest BCUT2D eigenvalue weighted by Crippen LogP contribution is 2.40. The molecule has 1 saturated heterocycles. The zero-order valence-corrected chi connectivity index (χ0v) is 58.2. The molecule has 0 aliphatic carbocycles. The van der Waals surface area contributed by atoms with Crippen LogP contribution in [0.4, 0.5) is 4.79 Å². The van der Waals surface area contributed by atoms with Crippen LogP contribution in [0.25, 0.3) is 0 Å². The van der Waals surface area contributed by atoms with E-state index in [4.69, 9.17) is 24.1 Å². The summed E-state index contributed by atoms with van der Waals surface area (Å²) >= 11 is 0. The number of hydrogen-bond acceptors (Lipinski definition) is 11. The number of amides is 4. The molecule has 6 atom stereocenters. The topological polar surface area (TPSA) is 251 Å². The summed E-state index contributed by atoms with van der Waals surface area (Å²) in [6.45, 7) is 13.3. The van der Waals surface area contributed by atoms with Crippen molar-refractivity contribution in [2.24, 2.45) is 5.41 Å². The Morgan fingerprint density at radius 1 is 0.560 bits per heavy atom. The lowest BCUT2D eigenvalue weighted by molar-refractivity contribution is -0.188. The summed E-state index contributed by atoms with van der Waals surface area (Å²) in [5, 5.41) is 37.9. The van der Waals surface area contributed by atoms with Crippen molar-refractivity contribution < 1.29 is 63.0 Å². The Balaban J connectivity index is 2.56. The zero-order valence-electron chi connectivity index (χ0n) is 58.2. The van der Waals surface area contributed by atoms with Crippen LogP contribution in [0, 0.1) is 5.41 Å². The summed E-state index contributed by atoms with van der Waals surface area (Å²) in [4.78, 5) is 74.5. The molecule has 0 saturated carbocycles. The molecular formula is C73H131N5O13. The van der Waals surface area contributed by atoms with Crippen LogP contribution in [0.1, 0.15) is 285 Å². The summed E-state index contributed by atoms with van der Waals surface area (Å²) in [6.07, 6.45) is 55.7. The maximum Gasteiger partial charge on any atom is 0.326 e. The molecule has 1 aliphatic rings. The van der Waals surface area contributed by atoms with Gasteiger partial charge in [0.15, 0.2) is 5.79 Å². The molecule has 4 unspecified atom stereocenters. The molecule has 7 N–H and O–H groups in total. The summed E-state index contributed by atoms with van der Waals surface area (Å²) in [5.74, 6) is -4.87. The monoisotopic (exact) mass is 1290 g/mol. The lowest BCUT2D eigenvalue weighted by Crippen LogP contribution is -2.51. The molecule has 1 aliphatic heterocycles. The third-order valence-electron chi connectivity index (χ3n) is 17.2. The molecule has 0 bridgehead atoms. The largest absolute Gasteiger partial charge is 0.481 e. The van der Waals surface area contributed by atoms with E-state index in [1.54, 1.807) is 6.92 Å². The van der Waals surface area contributed by atoms with Crippen LogP contribution in [0.5, 0.6) is 0 Å². The zero-order chi connectivity index (χ0) is 67.1. The van der Waals surface area contributed by atoms with E-state index in [2.05, 4.69) is 103 Å². The number of carboxylic acids is 3. The van der Waals surface area contributed by atoms with E-state index < -0.39 is 59.7 Å². The summed E-state index contributed by atoms with van der Waals surface area (Å²) < 4.78 is 26.5. The van der Waals surface area contributed by atoms with E-state index in [0.29, 0.717) is 39.0 Å². The smallest absolute Gasteiger partial charge is 0.326 e. The molecule has 0 aromatic heterocycles. The van der Waals surface area contributed by atoms with Gasteiger partial charge >= 0.3 is 23.9 Å². The second-order valence-electron chi connectivity index (χ2n) is 26.0. The third kappa shape index (κ3) is 46.2. The first-order valence-corrected chi connectivity index (χ1v) is 36.0. The number of carboxylic acid groups (broad SMARTS) is 3. The number of aliphatic carboxylic acids is 3. The fourth-order valence-electron chi connectivity index (χ4n) is 11.0. The number of allylic oxidation sites excluding steroid dienone is 8. The number of rotatable bonds is 62. The number of urea groups is 1. The first-order chi connectivity index (χ1) is 43.9. The van der Waals surface area contributed by atoms with Crippen molar-refractivity contribution in [1.29, 1.82) is 0 Å². The lowest BCUT2D eigenvalue weighted by Gasteiger charge is -2.29. The summed E-state index contributed by atoms with van der Waals surface area (Å²) in [7, 11) is 4.26. The summed E-state index contributed by atoms with van der Waals surface area (Å²) in [6, 6.07) is -3.86. The van der Waals surface area contributed by atoms with Crippen molar-refractivity contribution in [3.8, 4) is 0 Å². The average Bonchev–Trinajstić information content (AvgIpc) is 1.69. The molecule has 526 valence electrons. The second kappa shape index (κ2) is 55.8. The van der Waals surface area contributed by atoms with Crippen LogP contribution >= 0.6 is 0 Å². The van der Waals surface area contributed by atoms with E-state index in [9.17, 15) is 39.0 Å². The van der Waals surface area contributed by atoms with Crippen LogP contribution in [0.15, 0.2) is 48.6 Å². The standard InChI is InChI=1S/C73H131N5O13/c1-8-11-13-15-17-19-21-23-25-27-29-31-33-35-37-42-52-73(53-43-38-36-34-32-30-28-26-24-22-20-18-16-14-12-9-2)90-64(50-56-78(6)7)65(91-73)51-58-88-57-46-40-39-44-55-75-70(86)72(5,10-3)60-89-61(4)59-66(79)74-54-45-41-47-62(68(82)83)76-71(87)77-63(69(84)85)48-49-67(80)81/h17-20,23-26,61-65H,8-16,21-22,27-60H2,1-7H3,(H,74,79)(H,75,86)(H,80,81)(H,82,83)(H,84,85)(H2,76,77,87)/b19-17-,20-18-,25-23-,26-24-/t61?,62-,63-,64?,65?,72?/m1/s1. The van der Waals surface area contributed by atoms with Gasteiger partial charge in [0, 0.05) is 52.1 Å². The number of carbonyl (C=O) groups excluding carboxylic acids is 3. The lowest BCUT2D eigenvalue weighted by atomic mass is 9.87. The highest BCUT2D eigenvalue weighted by atomic mass is 16.8. The minimum absolute atomic E-state index is 0.0111. The molecule has 1 rings (SSSR count). The SMILES string of the molecule is CCCCC/C=C\C/C=C\CCCCCCCCC1(CCCCCCCC/C=C\C/C=C\CCCCC)OC(CCOCCCCCCNC(=O)C(C)(CC)COC(C)CC(=O)NCCCC[C@@H](NC(=O)N[C@H](CCC(=O)O)C(=O)O)C(=O)O)C(CCN(C)C)O1. The number of unbranched alkanes of at least 4 members (excludes halogenated alkanes) is 22. The fraction of sp³-hybridized carbons (Fsp3) is 0.808. The molecule has 91 heavy (non-hydrogen) atoms. The highest BCUT2D eigenvalue weighted by Gasteiger charge is 2.46.